The van der Waals surface area contributed by atoms with E-state index in [2.05, 4.69) is 39.1 Å². The Labute approximate surface area is 182 Å². The largest absolute Gasteiger partial charge is 0.444 e. The van der Waals surface area contributed by atoms with Gasteiger partial charge in [0.15, 0.2) is 0 Å². The maximum atomic E-state index is 12.5. The normalized spacial score (nSPS) is 18.4. The van der Waals surface area contributed by atoms with Crippen molar-refractivity contribution in [2.75, 3.05) is 6.54 Å². The van der Waals surface area contributed by atoms with Crippen molar-refractivity contribution in [2.45, 2.75) is 58.1 Å². The van der Waals surface area contributed by atoms with E-state index in [1.807, 2.05) is 39.0 Å². The molecule has 7 heteroatoms. The number of aromatic nitrogens is 3. The molecule has 0 bridgehead atoms. The van der Waals surface area contributed by atoms with Crippen LogP contribution in [0.4, 0.5) is 4.79 Å². The molecule has 0 N–H and O–H groups in total. The van der Waals surface area contributed by atoms with Gasteiger partial charge < -0.3 is 9.26 Å². The van der Waals surface area contributed by atoms with Crippen LogP contribution in [0.3, 0.4) is 0 Å². The molecule has 1 fully saturated rings. The summed E-state index contributed by atoms with van der Waals surface area (Å²) in [7, 11) is 0. The number of hydrogen-bond donors (Lipinski definition) is 0. The molecule has 0 saturated carbocycles. The standard InChI is InChI=1S/C24H26N4O3/c1-24(2,3)30-23(29)28-15-7-10-20(28)22-26-21(27-31-22)19-14-13-18(16-25-19)12-11-17-8-5-4-6-9-17/h5,8-9,13-14,16,20H,4,6-7,10,15H2,1-3H3. The molecule has 2 aromatic rings. The van der Waals surface area contributed by atoms with E-state index in [0.29, 0.717) is 24.0 Å². The number of rotatable bonds is 2. The van der Waals surface area contributed by atoms with Crippen LogP contribution in [0.1, 0.15) is 64.0 Å². The fourth-order valence-electron chi connectivity index (χ4n) is 3.49. The number of pyridine rings is 1. The molecule has 160 valence electrons. The van der Waals surface area contributed by atoms with Crippen molar-refractivity contribution < 1.29 is 14.1 Å². The molecule has 2 aromatic heterocycles. The second-order valence-corrected chi connectivity index (χ2v) is 8.61. The van der Waals surface area contributed by atoms with Crippen LogP contribution < -0.4 is 0 Å². The molecule has 31 heavy (non-hydrogen) atoms. The van der Waals surface area contributed by atoms with Gasteiger partial charge in [-0.25, -0.2) is 4.79 Å². The Morgan fingerprint density at radius 3 is 2.84 bits per heavy atom. The van der Waals surface area contributed by atoms with Crippen molar-refractivity contribution in [3.63, 3.8) is 0 Å². The minimum absolute atomic E-state index is 0.280. The van der Waals surface area contributed by atoms with Gasteiger partial charge in [-0.2, -0.15) is 4.98 Å². The fourth-order valence-corrected chi connectivity index (χ4v) is 3.49. The van der Waals surface area contributed by atoms with Crippen LogP contribution in [0, 0.1) is 11.8 Å². The molecule has 0 aromatic carbocycles. The predicted molar refractivity (Wildman–Crippen MR) is 116 cm³/mol. The number of amides is 1. The van der Waals surface area contributed by atoms with Crippen molar-refractivity contribution in [3.05, 3.63) is 53.6 Å². The monoisotopic (exact) mass is 418 g/mol. The van der Waals surface area contributed by atoms with Crippen LogP contribution in [-0.4, -0.2) is 38.3 Å². The van der Waals surface area contributed by atoms with E-state index in [-0.39, 0.29) is 12.1 Å². The van der Waals surface area contributed by atoms with Gasteiger partial charge in [-0.3, -0.25) is 9.88 Å². The summed E-state index contributed by atoms with van der Waals surface area (Å²) in [6.45, 7) is 6.16. The summed E-state index contributed by atoms with van der Waals surface area (Å²) in [5, 5.41) is 4.07. The molecule has 1 atom stereocenters. The molecule has 3 heterocycles. The summed E-state index contributed by atoms with van der Waals surface area (Å²) in [5.41, 5.74) is 1.89. The summed E-state index contributed by atoms with van der Waals surface area (Å²) in [4.78, 5) is 23.1. The Morgan fingerprint density at radius 1 is 1.26 bits per heavy atom. The second-order valence-electron chi connectivity index (χ2n) is 8.61. The van der Waals surface area contributed by atoms with Gasteiger partial charge in [-0.05, 0) is 58.6 Å². The van der Waals surface area contributed by atoms with Crippen molar-refractivity contribution in [2.24, 2.45) is 0 Å². The quantitative estimate of drug-likeness (QED) is 0.650. The molecule has 1 aliphatic heterocycles. The number of likely N-dealkylation sites (tertiary alicyclic amines) is 1. The van der Waals surface area contributed by atoms with E-state index in [1.54, 1.807) is 11.1 Å². The number of ether oxygens (including phenoxy) is 1. The lowest BCUT2D eigenvalue weighted by molar-refractivity contribution is 0.0199. The van der Waals surface area contributed by atoms with Gasteiger partial charge in [0, 0.05) is 23.9 Å². The zero-order valence-electron chi connectivity index (χ0n) is 18.1. The SMILES string of the molecule is CC(C)(C)OC(=O)N1CCCC1c1nc(-c2ccc(C#CC3=CCCC=C3)cn2)no1. The van der Waals surface area contributed by atoms with Gasteiger partial charge in [0.2, 0.25) is 11.7 Å². The van der Waals surface area contributed by atoms with Crippen LogP contribution in [0.5, 0.6) is 0 Å². The summed E-state index contributed by atoms with van der Waals surface area (Å²) in [6.07, 6.45) is 11.4. The maximum absolute atomic E-state index is 12.5. The van der Waals surface area contributed by atoms with Gasteiger partial charge in [0.1, 0.15) is 17.3 Å². The average molecular weight is 418 g/mol. The maximum Gasteiger partial charge on any atom is 0.410 e. The Hall–Kier alpha value is -3.40. The van der Waals surface area contributed by atoms with E-state index in [4.69, 9.17) is 9.26 Å². The molecule has 7 nitrogen and oxygen atoms in total. The lowest BCUT2D eigenvalue weighted by Crippen LogP contribution is -2.36. The molecule has 1 unspecified atom stereocenters. The van der Waals surface area contributed by atoms with E-state index in [9.17, 15) is 4.79 Å². The minimum Gasteiger partial charge on any atom is -0.444 e. The van der Waals surface area contributed by atoms with Crippen LogP contribution in [0.2, 0.25) is 0 Å². The third-order valence-electron chi connectivity index (χ3n) is 4.95. The lowest BCUT2D eigenvalue weighted by Gasteiger charge is -2.26. The summed E-state index contributed by atoms with van der Waals surface area (Å²) in [6, 6.07) is 3.43. The molecule has 2 aliphatic rings. The van der Waals surface area contributed by atoms with Gasteiger partial charge >= 0.3 is 6.09 Å². The van der Waals surface area contributed by atoms with Crippen LogP contribution in [-0.2, 0) is 4.74 Å². The van der Waals surface area contributed by atoms with Crippen LogP contribution >= 0.6 is 0 Å². The molecule has 4 rings (SSSR count). The predicted octanol–water partition coefficient (Wildman–Crippen LogP) is 4.83. The van der Waals surface area contributed by atoms with Crippen molar-refractivity contribution in [1.29, 1.82) is 0 Å². The Bertz CT molecular complexity index is 1060. The number of hydrogen-bond acceptors (Lipinski definition) is 6. The summed E-state index contributed by atoms with van der Waals surface area (Å²) < 4.78 is 11.0. The first-order valence-corrected chi connectivity index (χ1v) is 10.6. The van der Waals surface area contributed by atoms with Gasteiger partial charge in [-0.1, -0.05) is 35.2 Å². The smallest absolute Gasteiger partial charge is 0.410 e. The molecule has 1 amide bonds. The third kappa shape index (κ3) is 5.21. The highest BCUT2D eigenvalue weighted by Gasteiger charge is 2.36. The van der Waals surface area contributed by atoms with Crippen molar-refractivity contribution in [3.8, 4) is 23.4 Å². The molecule has 1 saturated heterocycles. The van der Waals surface area contributed by atoms with Crippen LogP contribution in [0.15, 0.2) is 46.7 Å². The van der Waals surface area contributed by atoms with Crippen molar-refractivity contribution >= 4 is 6.09 Å². The molecule has 0 radical (unpaired) electrons. The number of carbonyl (C=O) groups excluding carboxylic acids is 1. The minimum atomic E-state index is -0.553. The molecule has 1 aliphatic carbocycles. The third-order valence-corrected chi connectivity index (χ3v) is 4.95. The molecule has 0 spiro atoms. The lowest BCUT2D eigenvalue weighted by atomic mass is 10.1. The topological polar surface area (TPSA) is 81.4 Å². The molecular weight excluding hydrogens is 392 g/mol. The fraction of sp³-hybridized carbons (Fsp3) is 0.417. The van der Waals surface area contributed by atoms with Crippen molar-refractivity contribution in [1.82, 2.24) is 20.0 Å². The van der Waals surface area contributed by atoms with E-state index in [0.717, 1.165) is 36.8 Å². The van der Waals surface area contributed by atoms with E-state index in [1.165, 1.54) is 0 Å². The highest BCUT2D eigenvalue weighted by molar-refractivity contribution is 5.69. The first-order valence-electron chi connectivity index (χ1n) is 10.6. The Kier molecular flexibility index (Phi) is 5.90. The highest BCUT2D eigenvalue weighted by Crippen LogP contribution is 2.33. The van der Waals surface area contributed by atoms with Gasteiger partial charge in [0.25, 0.3) is 0 Å². The van der Waals surface area contributed by atoms with Gasteiger partial charge in [0.05, 0.1) is 0 Å². The summed E-state index contributed by atoms with van der Waals surface area (Å²) in [5.74, 6) is 7.08. The number of carbonyl (C=O) groups is 1. The Balaban J connectivity index is 1.46. The highest BCUT2D eigenvalue weighted by atomic mass is 16.6. The summed E-state index contributed by atoms with van der Waals surface area (Å²) >= 11 is 0. The number of allylic oxidation sites excluding steroid dienone is 4. The average Bonchev–Trinajstić information content (AvgIpc) is 3.42. The Morgan fingerprint density at radius 2 is 2.13 bits per heavy atom. The van der Waals surface area contributed by atoms with Gasteiger partial charge in [-0.15, -0.1) is 0 Å². The second kappa shape index (κ2) is 8.76. The van der Waals surface area contributed by atoms with Crippen LogP contribution in [0.25, 0.3) is 11.5 Å². The first kappa shape index (κ1) is 20.9. The zero-order chi connectivity index (χ0) is 21.8. The first-order chi connectivity index (χ1) is 14.9. The number of nitrogens with zero attached hydrogens (tertiary/aromatic N) is 4. The van der Waals surface area contributed by atoms with E-state index >= 15 is 0 Å². The van der Waals surface area contributed by atoms with E-state index < -0.39 is 5.60 Å². The molecular formula is C24H26N4O3. The zero-order valence-corrected chi connectivity index (χ0v) is 18.1.